The van der Waals surface area contributed by atoms with Crippen LogP contribution in [0.1, 0.15) is 45.6 Å². The molecule has 0 aliphatic carbocycles. The summed E-state index contributed by atoms with van der Waals surface area (Å²) in [6.45, 7) is 2.40. The van der Waals surface area contributed by atoms with E-state index in [4.69, 9.17) is 4.74 Å². The van der Waals surface area contributed by atoms with Gasteiger partial charge in [-0.05, 0) is 57.7 Å². The highest BCUT2D eigenvalue weighted by atomic mass is 19.3. The molecular weight excluding hydrogens is 347 g/mol. The molecule has 3 rings (SSSR count). The van der Waals surface area contributed by atoms with Crippen LogP contribution in [0.2, 0.25) is 0 Å². The molecule has 1 aromatic rings. The zero-order valence-electron chi connectivity index (χ0n) is 15.0. The molecule has 2 aliphatic rings. The maximum Gasteiger partial charge on any atom is 0.411 e. The molecule has 1 aromatic carbocycles. The maximum absolute atomic E-state index is 13.4. The number of benzene rings is 1. The Morgan fingerprint density at radius 1 is 1.27 bits per heavy atom. The van der Waals surface area contributed by atoms with E-state index in [1.165, 1.54) is 12.1 Å². The molecule has 0 radical (unpaired) electrons. The number of hydrogen-bond donors (Lipinski definition) is 0. The molecule has 26 heavy (non-hydrogen) atoms. The zero-order valence-corrected chi connectivity index (χ0v) is 15.0. The Balaban J connectivity index is 1.87. The van der Waals surface area contributed by atoms with Crippen molar-refractivity contribution < 1.29 is 27.4 Å². The van der Waals surface area contributed by atoms with Crippen LogP contribution in [0, 0.1) is 5.82 Å². The van der Waals surface area contributed by atoms with Crippen molar-refractivity contribution in [2.24, 2.45) is 0 Å². The van der Waals surface area contributed by atoms with E-state index < -0.39 is 18.0 Å². The van der Waals surface area contributed by atoms with Crippen molar-refractivity contribution in [1.82, 2.24) is 4.90 Å². The predicted molar refractivity (Wildman–Crippen MR) is 90.5 cm³/mol. The van der Waals surface area contributed by atoms with Gasteiger partial charge in [-0.15, -0.1) is 0 Å². The first kappa shape index (κ1) is 18.6. The summed E-state index contributed by atoms with van der Waals surface area (Å²) in [7, 11) is 0. The molecule has 7 heteroatoms. The molecule has 1 saturated heterocycles. The van der Waals surface area contributed by atoms with Gasteiger partial charge in [0.1, 0.15) is 17.2 Å². The standard InChI is InChI=1S/C19H22F3NO3/c1-19(2,3)26-18(24)23-13-5-6-14(23)9-11(8-13)15-7-4-12(20)10-16(15)25-17(21)22/h4,7-8,10,13-14,17H,5-6,9H2,1-3H3. The third-order valence-corrected chi connectivity index (χ3v) is 4.51. The van der Waals surface area contributed by atoms with Crippen molar-refractivity contribution in [1.29, 1.82) is 0 Å². The molecule has 2 aliphatic heterocycles. The molecule has 4 nitrogen and oxygen atoms in total. The number of amides is 1. The van der Waals surface area contributed by atoms with Crippen molar-refractivity contribution in [3.05, 3.63) is 35.7 Å². The van der Waals surface area contributed by atoms with E-state index in [0.717, 1.165) is 24.5 Å². The second-order valence-corrected chi connectivity index (χ2v) is 7.60. The number of ether oxygens (including phenoxy) is 2. The van der Waals surface area contributed by atoms with Gasteiger partial charge < -0.3 is 9.47 Å². The molecule has 2 heterocycles. The van der Waals surface area contributed by atoms with Gasteiger partial charge in [0.05, 0.1) is 6.04 Å². The number of carbonyl (C=O) groups is 1. The summed E-state index contributed by atoms with van der Waals surface area (Å²) >= 11 is 0. The first-order chi connectivity index (χ1) is 12.1. The molecule has 2 bridgehead atoms. The molecule has 1 fully saturated rings. The summed E-state index contributed by atoms with van der Waals surface area (Å²) < 4.78 is 48.7. The highest BCUT2D eigenvalue weighted by molar-refractivity contribution is 5.77. The first-order valence-electron chi connectivity index (χ1n) is 8.61. The van der Waals surface area contributed by atoms with E-state index in [0.29, 0.717) is 12.0 Å². The summed E-state index contributed by atoms with van der Waals surface area (Å²) in [5.74, 6) is -0.824. The van der Waals surface area contributed by atoms with Gasteiger partial charge in [-0.3, -0.25) is 4.90 Å². The van der Waals surface area contributed by atoms with Gasteiger partial charge in [0.25, 0.3) is 0 Å². The number of alkyl halides is 2. The number of fused-ring (bicyclic) bond motifs is 2. The summed E-state index contributed by atoms with van der Waals surface area (Å²) in [4.78, 5) is 14.2. The second-order valence-electron chi connectivity index (χ2n) is 7.60. The van der Waals surface area contributed by atoms with Gasteiger partial charge in [-0.25, -0.2) is 9.18 Å². The van der Waals surface area contributed by atoms with E-state index in [2.05, 4.69) is 4.74 Å². The maximum atomic E-state index is 13.4. The minimum atomic E-state index is -3.03. The van der Waals surface area contributed by atoms with Gasteiger partial charge in [0.15, 0.2) is 0 Å². The lowest BCUT2D eigenvalue weighted by molar-refractivity contribution is -0.0501. The van der Waals surface area contributed by atoms with Crippen LogP contribution in [0.25, 0.3) is 5.57 Å². The van der Waals surface area contributed by atoms with Crippen LogP contribution in [0.15, 0.2) is 24.3 Å². The molecular formula is C19H22F3NO3. The van der Waals surface area contributed by atoms with Gasteiger partial charge in [-0.2, -0.15) is 8.78 Å². The van der Waals surface area contributed by atoms with Crippen LogP contribution in [-0.2, 0) is 4.74 Å². The average Bonchev–Trinajstić information content (AvgIpc) is 2.76. The quantitative estimate of drug-likeness (QED) is 0.754. The van der Waals surface area contributed by atoms with Crippen LogP contribution in [0.4, 0.5) is 18.0 Å². The summed E-state index contributed by atoms with van der Waals surface area (Å²) in [5, 5.41) is 0. The monoisotopic (exact) mass is 369 g/mol. The van der Waals surface area contributed by atoms with Crippen LogP contribution >= 0.6 is 0 Å². The van der Waals surface area contributed by atoms with Gasteiger partial charge in [0, 0.05) is 17.7 Å². The SMILES string of the molecule is CC(C)(C)OC(=O)N1C2C=C(c3ccc(F)cc3OC(F)F)CC1CC2. The first-order valence-corrected chi connectivity index (χ1v) is 8.61. The number of hydrogen-bond acceptors (Lipinski definition) is 3. The Bertz CT molecular complexity index is 727. The van der Waals surface area contributed by atoms with E-state index in [-0.39, 0.29) is 23.9 Å². The lowest BCUT2D eigenvalue weighted by Gasteiger charge is -2.35. The third-order valence-electron chi connectivity index (χ3n) is 4.51. The lowest BCUT2D eigenvalue weighted by Crippen LogP contribution is -2.45. The Labute approximate surface area is 150 Å². The number of rotatable bonds is 3. The molecule has 142 valence electrons. The molecule has 2 unspecified atom stereocenters. The largest absolute Gasteiger partial charge is 0.444 e. The molecule has 0 saturated carbocycles. The summed E-state index contributed by atoms with van der Waals surface area (Å²) in [6.07, 6.45) is 3.57. The number of carbonyl (C=O) groups excluding carboxylic acids is 1. The normalized spacial score (nSPS) is 22.4. The Hall–Kier alpha value is -2.18. The third kappa shape index (κ3) is 3.97. The summed E-state index contributed by atoms with van der Waals surface area (Å²) in [6, 6.07) is 3.39. The van der Waals surface area contributed by atoms with Crippen LogP contribution < -0.4 is 4.74 Å². The van der Waals surface area contributed by atoms with Gasteiger partial charge in [0.2, 0.25) is 0 Å². The van der Waals surface area contributed by atoms with Gasteiger partial charge in [-0.1, -0.05) is 6.08 Å². The molecule has 2 atom stereocenters. The summed E-state index contributed by atoms with van der Waals surface area (Å²) in [5.41, 5.74) is 0.635. The van der Waals surface area contributed by atoms with Crippen molar-refractivity contribution in [3.63, 3.8) is 0 Å². The number of nitrogens with zero attached hydrogens (tertiary/aromatic N) is 1. The fraction of sp³-hybridized carbons (Fsp3) is 0.526. The highest BCUT2D eigenvalue weighted by Gasteiger charge is 2.42. The zero-order chi connectivity index (χ0) is 19.1. The number of halogens is 3. The second kappa shape index (κ2) is 6.85. The van der Waals surface area contributed by atoms with Gasteiger partial charge >= 0.3 is 12.7 Å². The molecule has 1 amide bonds. The Morgan fingerprint density at radius 3 is 2.62 bits per heavy atom. The smallest absolute Gasteiger partial charge is 0.411 e. The fourth-order valence-electron chi connectivity index (χ4n) is 3.58. The Kier molecular flexibility index (Phi) is 4.90. The van der Waals surface area contributed by atoms with E-state index in [1.54, 1.807) is 4.90 Å². The van der Waals surface area contributed by atoms with E-state index in [1.807, 2.05) is 26.8 Å². The highest BCUT2D eigenvalue weighted by Crippen LogP contribution is 2.42. The Morgan fingerprint density at radius 2 is 2.00 bits per heavy atom. The lowest BCUT2D eigenvalue weighted by atomic mass is 9.94. The topological polar surface area (TPSA) is 38.8 Å². The minimum absolute atomic E-state index is 0.0701. The van der Waals surface area contributed by atoms with E-state index >= 15 is 0 Å². The molecule has 0 N–H and O–H groups in total. The van der Waals surface area contributed by atoms with Crippen molar-refractivity contribution in [3.8, 4) is 5.75 Å². The van der Waals surface area contributed by atoms with E-state index in [9.17, 15) is 18.0 Å². The fourth-order valence-corrected chi connectivity index (χ4v) is 3.58. The van der Waals surface area contributed by atoms with Crippen LogP contribution in [0.5, 0.6) is 5.75 Å². The van der Waals surface area contributed by atoms with Crippen molar-refractivity contribution in [2.75, 3.05) is 0 Å². The minimum Gasteiger partial charge on any atom is -0.444 e. The molecule has 0 spiro atoms. The van der Waals surface area contributed by atoms with Crippen LogP contribution in [-0.4, -0.2) is 35.3 Å². The predicted octanol–water partition coefficient (Wildman–Crippen LogP) is 4.98. The van der Waals surface area contributed by atoms with Crippen molar-refractivity contribution >= 4 is 11.7 Å². The van der Waals surface area contributed by atoms with Crippen molar-refractivity contribution in [2.45, 2.75) is 64.3 Å². The average molecular weight is 369 g/mol. The molecule has 0 aromatic heterocycles. The van der Waals surface area contributed by atoms with Crippen LogP contribution in [0.3, 0.4) is 0 Å².